The number of phosphoric ester groups is 1. The normalized spacial score (nSPS) is 23.2. The summed E-state index contributed by atoms with van der Waals surface area (Å²) in [6, 6.07) is 0. The van der Waals surface area contributed by atoms with Crippen molar-refractivity contribution in [3.63, 3.8) is 0 Å². The molecule has 0 saturated heterocycles. The van der Waals surface area contributed by atoms with E-state index in [1.165, 1.54) is 19.3 Å². The summed E-state index contributed by atoms with van der Waals surface area (Å²) < 4.78 is 33.4. The van der Waals surface area contributed by atoms with E-state index in [-0.39, 0.29) is 12.8 Å². The third-order valence-corrected chi connectivity index (χ3v) is 10.8. The molecule has 0 aliphatic heterocycles. The number of unbranched alkanes of at least 4 members (excludes halogenated alkanes) is 9. The van der Waals surface area contributed by atoms with Crippen molar-refractivity contribution < 1.29 is 68.2 Å². The minimum absolute atomic E-state index is 0.0476. The van der Waals surface area contributed by atoms with E-state index in [0.717, 1.165) is 57.8 Å². The van der Waals surface area contributed by atoms with Crippen LogP contribution in [-0.2, 0) is 32.7 Å². The van der Waals surface area contributed by atoms with Crippen LogP contribution in [0.3, 0.4) is 0 Å². The SMILES string of the molecule is CC/C=C\C/C=C\C/C=C\CCCCCCCC(=O)O[C@H](COC(=O)CCC/C=C/C/C=C\C[C@H](O)/C=C\C=C/CCCCC)COP(=O)(O)OC1[C@H](O)[C@H](O)C(O)[C@H](O)[C@H]1O. The molecule has 0 heterocycles. The number of rotatable bonds is 35. The molecule has 0 amide bonds. The first-order valence-corrected chi connectivity index (χ1v) is 24.0. The summed E-state index contributed by atoms with van der Waals surface area (Å²) in [6.07, 6.45) is 29.5. The second-order valence-corrected chi connectivity index (χ2v) is 16.8. The van der Waals surface area contributed by atoms with E-state index in [4.69, 9.17) is 18.5 Å². The fourth-order valence-electron chi connectivity index (χ4n) is 6.14. The highest BCUT2D eigenvalue weighted by Gasteiger charge is 2.51. The first-order chi connectivity index (χ1) is 29.8. The Hall–Kier alpha value is -3.01. The number of phosphoric acid groups is 1. The first-order valence-electron chi connectivity index (χ1n) is 22.5. The van der Waals surface area contributed by atoms with Gasteiger partial charge in [0.05, 0.1) is 12.7 Å². The molecule has 1 fully saturated rings. The van der Waals surface area contributed by atoms with Crippen LogP contribution in [-0.4, -0.2) is 110 Å². The van der Waals surface area contributed by atoms with Gasteiger partial charge in [-0.2, -0.15) is 0 Å². The molecule has 0 radical (unpaired) electrons. The Morgan fingerprint density at radius 2 is 1.13 bits per heavy atom. The van der Waals surface area contributed by atoms with Crippen molar-refractivity contribution in [3.05, 3.63) is 85.1 Å². The van der Waals surface area contributed by atoms with Gasteiger partial charge in [0.15, 0.2) is 6.10 Å². The van der Waals surface area contributed by atoms with Gasteiger partial charge >= 0.3 is 19.8 Å². The van der Waals surface area contributed by atoms with Gasteiger partial charge in [-0.25, -0.2) is 4.57 Å². The van der Waals surface area contributed by atoms with E-state index in [1.54, 1.807) is 6.08 Å². The fraction of sp³-hybridized carbons (Fsp3) is 0.660. The second-order valence-electron chi connectivity index (χ2n) is 15.4. The van der Waals surface area contributed by atoms with Gasteiger partial charge in [-0.3, -0.25) is 18.6 Å². The van der Waals surface area contributed by atoms with Gasteiger partial charge in [0, 0.05) is 12.8 Å². The number of hydrogen-bond donors (Lipinski definition) is 7. The number of aliphatic hydroxyl groups excluding tert-OH is 6. The van der Waals surface area contributed by atoms with Crippen LogP contribution in [0.25, 0.3) is 0 Å². The van der Waals surface area contributed by atoms with Crippen molar-refractivity contribution in [1.82, 2.24) is 0 Å². The summed E-state index contributed by atoms with van der Waals surface area (Å²) >= 11 is 0. The quantitative estimate of drug-likeness (QED) is 0.0108. The van der Waals surface area contributed by atoms with Gasteiger partial charge in [-0.15, -0.1) is 0 Å². The molecule has 0 aromatic heterocycles. The smallest absolute Gasteiger partial charge is 0.462 e. The predicted octanol–water partition coefficient (Wildman–Crippen LogP) is 7.47. The lowest BCUT2D eigenvalue weighted by Gasteiger charge is -2.41. The van der Waals surface area contributed by atoms with E-state index < -0.39 is 81.8 Å². The Morgan fingerprint density at radius 1 is 0.597 bits per heavy atom. The molecule has 1 aliphatic carbocycles. The van der Waals surface area contributed by atoms with Gasteiger partial charge in [0.25, 0.3) is 0 Å². The average molecular weight is 897 g/mol. The highest BCUT2D eigenvalue weighted by molar-refractivity contribution is 7.47. The van der Waals surface area contributed by atoms with Crippen molar-refractivity contribution in [2.45, 2.75) is 185 Å². The van der Waals surface area contributed by atoms with Crippen LogP contribution >= 0.6 is 7.82 Å². The molecule has 3 unspecified atom stereocenters. The number of carbonyl (C=O) groups is 2. The van der Waals surface area contributed by atoms with E-state index in [2.05, 4.69) is 56.4 Å². The number of aliphatic hydroxyl groups is 6. The largest absolute Gasteiger partial charge is 0.472 e. The monoisotopic (exact) mass is 897 g/mol. The molecule has 9 atom stereocenters. The van der Waals surface area contributed by atoms with Gasteiger partial charge in [0.1, 0.15) is 43.2 Å². The van der Waals surface area contributed by atoms with Crippen LogP contribution in [0.2, 0.25) is 0 Å². The van der Waals surface area contributed by atoms with Crippen LogP contribution in [0.5, 0.6) is 0 Å². The topological polar surface area (TPSA) is 230 Å². The Bertz CT molecular complexity index is 1420. The van der Waals surface area contributed by atoms with E-state index in [9.17, 15) is 49.7 Å². The molecule has 0 aromatic rings. The van der Waals surface area contributed by atoms with E-state index in [0.29, 0.717) is 32.1 Å². The molecular weight excluding hydrogens is 819 g/mol. The Kier molecular flexibility index (Phi) is 33.4. The highest BCUT2D eigenvalue weighted by Crippen LogP contribution is 2.47. The van der Waals surface area contributed by atoms with E-state index in [1.807, 2.05) is 36.5 Å². The predicted molar refractivity (Wildman–Crippen MR) is 241 cm³/mol. The summed E-state index contributed by atoms with van der Waals surface area (Å²) in [6.45, 7) is 3.00. The standard InChI is InChI=1S/C47H77O14P/c1-3-5-7-9-11-12-13-14-15-16-17-18-22-27-31-35-41(50)60-39(37-59-62(56,57)61-47-45(54)43(52)42(51)44(53)46(47)55)36-58-40(49)34-30-26-23-19-21-25-29-33-38(48)32-28-24-20-10-8-6-4-2/h5,7,11-12,14-15,19-20,23-25,28-29,32,38-39,42-48,51-55H,3-4,6,8-10,13,16-18,21-22,26-27,30-31,33-37H2,1-2H3,(H,56,57)/b7-5-,12-11-,15-14-,23-19+,24-20-,29-25-,32-28-/t38-,39-,42?,43-,44+,45-,46-,47?/m1/s1. The zero-order valence-corrected chi connectivity index (χ0v) is 37.9. The lowest BCUT2D eigenvalue weighted by molar-refractivity contribution is -0.220. The molecule has 0 spiro atoms. The van der Waals surface area contributed by atoms with Gasteiger partial charge in [-0.05, 0) is 77.0 Å². The molecule has 0 aromatic carbocycles. The molecule has 15 heteroatoms. The summed E-state index contributed by atoms with van der Waals surface area (Å²) in [7, 11) is -5.15. The number of carbonyl (C=O) groups excluding carboxylic acids is 2. The van der Waals surface area contributed by atoms with Crippen LogP contribution in [0.1, 0.15) is 136 Å². The number of ether oxygens (including phenoxy) is 2. The van der Waals surface area contributed by atoms with Gasteiger partial charge in [-0.1, -0.05) is 131 Å². The number of hydrogen-bond acceptors (Lipinski definition) is 13. The average Bonchev–Trinajstić information content (AvgIpc) is 3.25. The maximum absolute atomic E-state index is 12.8. The Balaban J connectivity index is 2.56. The lowest BCUT2D eigenvalue weighted by Crippen LogP contribution is -2.64. The molecule has 62 heavy (non-hydrogen) atoms. The molecule has 14 nitrogen and oxygen atoms in total. The minimum atomic E-state index is -5.15. The summed E-state index contributed by atoms with van der Waals surface area (Å²) in [4.78, 5) is 35.7. The summed E-state index contributed by atoms with van der Waals surface area (Å²) in [5.41, 5.74) is 0. The number of esters is 2. The van der Waals surface area contributed by atoms with Crippen molar-refractivity contribution in [1.29, 1.82) is 0 Å². The molecule has 1 aliphatic rings. The fourth-order valence-corrected chi connectivity index (χ4v) is 7.11. The third-order valence-electron chi connectivity index (χ3n) is 9.80. The van der Waals surface area contributed by atoms with Crippen LogP contribution < -0.4 is 0 Å². The molecule has 7 N–H and O–H groups in total. The van der Waals surface area contributed by atoms with Crippen molar-refractivity contribution in [3.8, 4) is 0 Å². The summed E-state index contributed by atoms with van der Waals surface area (Å²) in [5, 5.41) is 60.2. The molecule has 354 valence electrons. The third kappa shape index (κ3) is 28.6. The first kappa shape index (κ1) is 57.0. The maximum atomic E-state index is 12.8. The van der Waals surface area contributed by atoms with Gasteiger partial charge in [0.2, 0.25) is 0 Å². The van der Waals surface area contributed by atoms with Crippen LogP contribution in [0.15, 0.2) is 85.1 Å². The molecule has 1 saturated carbocycles. The van der Waals surface area contributed by atoms with Crippen molar-refractivity contribution in [2.24, 2.45) is 0 Å². The second kappa shape index (κ2) is 36.3. The lowest BCUT2D eigenvalue weighted by atomic mass is 9.85. The molecule has 0 bridgehead atoms. The molecular formula is C47H77O14P. The van der Waals surface area contributed by atoms with Gasteiger partial charge < -0.3 is 45.0 Å². The Morgan fingerprint density at radius 3 is 1.79 bits per heavy atom. The zero-order chi connectivity index (χ0) is 45.9. The zero-order valence-electron chi connectivity index (χ0n) is 37.0. The van der Waals surface area contributed by atoms with Crippen molar-refractivity contribution >= 4 is 19.8 Å². The highest BCUT2D eigenvalue weighted by atomic mass is 31.2. The van der Waals surface area contributed by atoms with Crippen molar-refractivity contribution in [2.75, 3.05) is 13.2 Å². The van der Waals surface area contributed by atoms with E-state index >= 15 is 0 Å². The molecule has 1 rings (SSSR count). The maximum Gasteiger partial charge on any atom is 0.472 e. The number of allylic oxidation sites excluding steroid dienone is 12. The van der Waals surface area contributed by atoms with Crippen LogP contribution in [0, 0.1) is 0 Å². The van der Waals surface area contributed by atoms with Crippen LogP contribution in [0.4, 0.5) is 0 Å². The minimum Gasteiger partial charge on any atom is -0.462 e. The summed E-state index contributed by atoms with van der Waals surface area (Å²) in [5.74, 6) is -1.24. The Labute approximate surface area is 370 Å².